The number of ether oxygens (including phenoxy) is 2. The Labute approximate surface area is 183 Å². The molecule has 1 amide bonds. The second kappa shape index (κ2) is 9.37. The fourth-order valence-electron chi connectivity index (χ4n) is 4.67. The van der Waals surface area contributed by atoms with E-state index in [1.165, 1.54) is 36.9 Å². The van der Waals surface area contributed by atoms with Gasteiger partial charge in [0.05, 0.1) is 18.8 Å². The number of fused-ring (bicyclic) bond motifs is 1. The van der Waals surface area contributed by atoms with Gasteiger partial charge in [-0.15, -0.1) is 0 Å². The van der Waals surface area contributed by atoms with Crippen LogP contribution in [-0.4, -0.2) is 54.2 Å². The van der Waals surface area contributed by atoms with Crippen molar-refractivity contribution in [3.05, 3.63) is 58.8 Å². The Morgan fingerprint density at radius 2 is 2.00 bits per heavy atom. The van der Waals surface area contributed by atoms with Gasteiger partial charge in [0.15, 0.2) is 0 Å². The summed E-state index contributed by atoms with van der Waals surface area (Å²) in [6.07, 6.45) is 8.86. The molecule has 1 aliphatic carbocycles. The Balaban J connectivity index is 1.15. The minimum absolute atomic E-state index is 0.0567. The highest BCUT2D eigenvalue weighted by atomic mass is 16.5. The molecule has 5 rings (SSSR count). The number of hydrogen-bond donors (Lipinski definition) is 1. The maximum atomic E-state index is 12.6. The number of amides is 1. The van der Waals surface area contributed by atoms with E-state index in [1.54, 1.807) is 18.3 Å². The van der Waals surface area contributed by atoms with Crippen LogP contribution in [0.5, 0.6) is 5.88 Å². The lowest BCUT2D eigenvalue weighted by Gasteiger charge is -2.36. The Morgan fingerprint density at radius 1 is 1.13 bits per heavy atom. The number of nitrogens with one attached hydrogen (secondary N) is 1. The average Bonchev–Trinajstić information content (AvgIpc) is 3.18. The van der Waals surface area contributed by atoms with Crippen molar-refractivity contribution >= 4 is 5.91 Å². The molecule has 164 valence electrons. The first-order valence-electron chi connectivity index (χ1n) is 11.6. The third-order valence-electron chi connectivity index (χ3n) is 6.83. The third kappa shape index (κ3) is 4.91. The zero-order valence-corrected chi connectivity index (χ0v) is 18.0. The number of carbonyl (C=O) groups is 1. The van der Waals surface area contributed by atoms with Crippen LogP contribution in [0.15, 0.2) is 36.5 Å². The highest BCUT2D eigenvalue weighted by Gasteiger charge is 2.26. The Bertz CT molecular complexity index is 905. The molecule has 2 aliphatic heterocycles. The summed E-state index contributed by atoms with van der Waals surface area (Å²) in [6.45, 7) is 4.18. The Morgan fingerprint density at radius 3 is 2.71 bits per heavy atom. The Kier molecular flexibility index (Phi) is 6.18. The van der Waals surface area contributed by atoms with Crippen LogP contribution < -0.4 is 10.1 Å². The largest absolute Gasteiger partial charge is 0.472 e. The number of benzene rings is 1. The Hall–Kier alpha value is -2.44. The van der Waals surface area contributed by atoms with Crippen molar-refractivity contribution in [2.75, 3.05) is 26.3 Å². The van der Waals surface area contributed by atoms with Gasteiger partial charge in [-0.2, -0.15) is 0 Å². The predicted octanol–water partition coefficient (Wildman–Crippen LogP) is 3.13. The van der Waals surface area contributed by atoms with Gasteiger partial charge in [0.1, 0.15) is 6.10 Å². The minimum atomic E-state index is -0.116. The van der Waals surface area contributed by atoms with E-state index in [2.05, 4.69) is 33.4 Å². The van der Waals surface area contributed by atoms with E-state index in [-0.39, 0.29) is 12.0 Å². The van der Waals surface area contributed by atoms with Crippen molar-refractivity contribution in [3.63, 3.8) is 0 Å². The lowest BCUT2D eigenvalue weighted by Crippen LogP contribution is -2.41. The summed E-state index contributed by atoms with van der Waals surface area (Å²) in [5.74, 6) is 0.420. The highest BCUT2D eigenvalue weighted by molar-refractivity contribution is 5.93. The first-order chi connectivity index (χ1) is 15.2. The van der Waals surface area contributed by atoms with Crippen molar-refractivity contribution < 1.29 is 14.3 Å². The molecular formula is C25H31N3O3. The van der Waals surface area contributed by atoms with E-state index >= 15 is 0 Å². The molecular weight excluding hydrogens is 390 g/mol. The molecule has 6 heteroatoms. The van der Waals surface area contributed by atoms with Gasteiger partial charge in [-0.25, -0.2) is 4.98 Å². The van der Waals surface area contributed by atoms with Crippen LogP contribution in [0.1, 0.15) is 52.7 Å². The number of aromatic nitrogens is 1. The van der Waals surface area contributed by atoms with Crippen LogP contribution in [-0.2, 0) is 24.1 Å². The predicted molar refractivity (Wildman–Crippen MR) is 118 cm³/mol. The summed E-state index contributed by atoms with van der Waals surface area (Å²) in [4.78, 5) is 19.5. The molecule has 2 fully saturated rings. The lowest BCUT2D eigenvalue weighted by atomic mass is 9.91. The monoisotopic (exact) mass is 421 g/mol. The molecule has 0 spiro atoms. The summed E-state index contributed by atoms with van der Waals surface area (Å²) in [7, 11) is 0. The van der Waals surface area contributed by atoms with E-state index < -0.39 is 0 Å². The van der Waals surface area contributed by atoms with Crippen molar-refractivity contribution in [3.8, 4) is 5.88 Å². The smallest absolute Gasteiger partial charge is 0.253 e. The van der Waals surface area contributed by atoms with Gasteiger partial charge in [-0.3, -0.25) is 9.69 Å². The van der Waals surface area contributed by atoms with Gasteiger partial charge in [0, 0.05) is 44.4 Å². The molecule has 0 unspecified atom stereocenters. The summed E-state index contributed by atoms with van der Waals surface area (Å²) < 4.78 is 11.1. The van der Waals surface area contributed by atoms with Crippen molar-refractivity contribution in [2.24, 2.45) is 0 Å². The van der Waals surface area contributed by atoms with E-state index in [0.717, 1.165) is 44.0 Å². The first kappa shape index (κ1) is 20.5. The third-order valence-corrected chi connectivity index (χ3v) is 6.83. The van der Waals surface area contributed by atoms with E-state index in [1.807, 2.05) is 0 Å². The van der Waals surface area contributed by atoms with Gasteiger partial charge in [-0.1, -0.05) is 24.6 Å². The van der Waals surface area contributed by atoms with Crippen LogP contribution >= 0.6 is 0 Å². The topological polar surface area (TPSA) is 63.7 Å². The normalized spacial score (nSPS) is 21.7. The maximum Gasteiger partial charge on any atom is 0.253 e. The minimum Gasteiger partial charge on any atom is -0.472 e. The van der Waals surface area contributed by atoms with Gasteiger partial charge in [0.2, 0.25) is 5.88 Å². The zero-order chi connectivity index (χ0) is 21.0. The molecule has 1 saturated carbocycles. The number of hydrogen-bond acceptors (Lipinski definition) is 5. The number of pyridine rings is 1. The molecule has 1 saturated heterocycles. The molecule has 1 N–H and O–H groups in total. The van der Waals surface area contributed by atoms with Crippen molar-refractivity contribution in [2.45, 2.75) is 57.2 Å². The molecule has 2 aromatic rings. The summed E-state index contributed by atoms with van der Waals surface area (Å²) in [6, 6.07) is 11.0. The van der Waals surface area contributed by atoms with Gasteiger partial charge >= 0.3 is 0 Å². The van der Waals surface area contributed by atoms with Gasteiger partial charge in [0.25, 0.3) is 5.91 Å². The second-order valence-corrected chi connectivity index (χ2v) is 8.89. The molecule has 1 aromatic carbocycles. The van der Waals surface area contributed by atoms with E-state index in [4.69, 9.17) is 9.47 Å². The quantitative estimate of drug-likeness (QED) is 0.776. The molecule has 1 aromatic heterocycles. The van der Waals surface area contributed by atoms with Crippen LogP contribution in [0.3, 0.4) is 0 Å². The fourth-order valence-corrected chi connectivity index (χ4v) is 4.67. The molecule has 3 heterocycles. The number of nitrogens with zero attached hydrogens (tertiary/aromatic N) is 2. The van der Waals surface area contributed by atoms with Crippen molar-refractivity contribution in [1.29, 1.82) is 0 Å². The summed E-state index contributed by atoms with van der Waals surface area (Å²) in [5.41, 5.74) is 4.59. The molecule has 3 aliphatic rings. The highest BCUT2D eigenvalue weighted by Crippen LogP contribution is 2.27. The average molecular weight is 422 g/mol. The molecule has 1 atom stereocenters. The lowest BCUT2D eigenvalue weighted by molar-refractivity contribution is 0.0950. The molecule has 6 nitrogen and oxygen atoms in total. The molecule has 31 heavy (non-hydrogen) atoms. The number of rotatable bonds is 6. The van der Waals surface area contributed by atoms with Crippen LogP contribution in [0.2, 0.25) is 0 Å². The standard InChI is InChI=1S/C25H31N3O3/c29-25(21-6-7-24(26-16-21)31-23-10-13-30-17-23)27-15-18-4-5-19-8-11-28(22-2-1-3-22)12-9-20(19)14-18/h4-7,14,16,22-23H,1-3,8-13,15,17H2,(H,27,29)/t23-/m0/s1. The van der Waals surface area contributed by atoms with Crippen LogP contribution in [0, 0.1) is 0 Å². The summed E-state index contributed by atoms with van der Waals surface area (Å²) in [5, 5.41) is 3.03. The van der Waals surface area contributed by atoms with Crippen LogP contribution in [0.4, 0.5) is 0 Å². The van der Waals surface area contributed by atoms with E-state index in [9.17, 15) is 4.79 Å². The maximum absolute atomic E-state index is 12.6. The van der Waals surface area contributed by atoms with Gasteiger partial charge < -0.3 is 14.8 Å². The van der Waals surface area contributed by atoms with Crippen molar-refractivity contribution in [1.82, 2.24) is 15.2 Å². The number of carbonyl (C=O) groups excluding carboxylic acids is 1. The molecule has 0 radical (unpaired) electrons. The van der Waals surface area contributed by atoms with E-state index in [0.29, 0.717) is 24.6 Å². The molecule has 0 bridgehead atoms. The second-order valence-electron chi connectivity index (χ2n) is 8.89. The van der Waals surface area contributed by atoms with Crippen LogP contribution in [0.25, 0.3) is 0 Å². The summed E-state index contributed by atoms with van der Waals surface area (Å²) >= 11 is 0. The fraction of sp³-hybridized carbons (Fsp3) is 0.520. The first-order valence-corrected chi connectivity index (χ1v) is 11.6. The SMILES string of the molecule is O=C(NCc1ccc2c(c1)CCN(C1CCC1)CC2)c1ccc(O[C@H]2CCOC2)nc1. The zero-order valence-electron chi connectivity index (χ0n) is 18.0. The van der Waals surface area contributed by atoms with Gasteiger partial charge in [-0.05, 0) is 48.4 Å².